The molecule has 0 saturated carbocycles. The molecule has 4 nitrogen and oxygen atoms in total. The van der Waals surface area contributed by atoms with Crippen LogP contribution in [0.2, 0.25) is 0 Å². The second kappa shape index (κ2) is 5.54. The van der Waals surface area contributed by atoms with E-state index in [1.165, 1.54) is 0 Å². The van der Waals surface area contributed by atoms with E-state index in [1.807, 2.05) is 14.1 Å². The fourth-order valence-corrected chi connectivity index (χ4v) is 1.30. The molecule has 0 aliphatic rings. The highest BCUT2D eigenvalue weighted by Crippen LogP contribution is 2.07. The van der Waals surface area contributed by atoms with E-state index < -0.39 is 0 Å². The van der Waals surface area contributed by atoms with Crippen LogP contribution >= 0.6 is 0 Å². The Balaban J connectivity index is 2.71. The van der Waals surface area contributed by atoms with Crippen molar-refractivity contribution in [2.24, 2.45) is 0 Å². The Kier molecular flexibility index (Phi) is 4.32. The topological polar surface area (TPSA) is 41.1 Å². The summed E-state index contributed by atoms with van der Waals surface area (Å²) in [6.45, 7) is 3.93. The number of hydrogen-bond acceptors (Lipinski definition) is 4. The predicted molar refractivity (Wildman–Crippen MR) is 58.4 cm³/mol. The van der Waals surface area contributed by atoms with Crippen molar-refractivity contribution < 1.29 is 0 Å². The molecule has 1 aromatic rings. The zero-order chi connectivity index (χ0) is 10.4. The number of nitrogens with zero attached hydrogens (tertiary/aromatic N) is 3. The van der Waals surface area contributed by atoms with Crippen LogP contribution in [-0.2, 0) is 6.54 Å². The molecule has 4 heteroatoms. The molecular weight excluding hydrogens is 176 g/mol. The zero-order valence-electron chi connectivity index (χ0n) is 9.12. The minimum Gasteiger partial charge on any atom is -0.358 e. The fraction of sp³-hybridized carbons (Fsp3) is 0.600. The summed E-state index contributed by atoms with van der Waals surface area (Å²) < 4.78 is 0. The van der Waals surface area contributed by atoms with Gasteiger partial charge in [-0.25, -0.2) is 4.98 Å². The Morgan fingerprint density at radius 2 is 2.21 bits per heavy atom. The van der Waals surface area contributed by atoms with Crippen LogP contribution in [0, 0.1) is 0 Å². The molecule has 0 unspecified atom stereocenters. The Morgan fingerprint density at radius 1 is 1.43 bits per heavy atom. The third-order valence-corrected chi connectivity index (χ3v) is 1.98. The Morgan fingerprint density at radius 3 is 2.86 bits per heavy atom. The van der Waals surface area contributed by atoms with E-state index >= 15 is 0 Å². The maximum atomic E-state index is 4.48. The van der Waals surface area contributed by atoms with E-state index in [-0.39, 0.29) is 0 Å². The first-order chi connectivity index (χ1) is 6.77. The molecule has 14 heavy (non-hydrogen) atoms. The molecule has 1 rings (SSSR count). The SMILES string of the molecule is CCCN(C)c1cncc(CNC)n1. The van der Waals surface area contributed by atoms with Crippen LogP contribution in [0.25, 0.3) is 0 Å². The lowest BCUT2D eigenvalue weighted by Crippen LogP contribution is -2.20. The summed E-state index contributed by atoms with van der Waals surface area (Å²) in [4.78, 5) is 10.8. The number of aromatic nitrogens is 2. The first-order valence-electron chi connectivity index (χ1n) is 4.94. The maximum Gasteiger partial charge on any atom is 0.147 e. The van der Waals surface area contributed by atoms with Gasteiger partial charge in [-0.1, -0.05) is 6.92 Å². The zero-order valence-corrected chi connectivity index (χ0v) is 9.12. The van der Waals surface area contributed by atoms with Crippen LogP contribution in [0.4, 0.5) is 5.82 Å². The average molecular weight is 194 g/mol. The van der Waals surface area contributed by atoms with Crippen LogP contribution in [0.15, 0.2) is 12.4 Å². The molecule has 0 aromatic carbocycles. The number of hydrogen-bond donors (Lipinski definition) is 1. The van der Waals surface area contributed by atoms with Crippen LogP contribution in [0.1, 0.15) is 19.0 Å². The fourth-order valence-electron chi connectivity index (χ4n) is 1.30. The largest absolute Gasteiger partial charge is 0.358 e. The summed E-state index contributed by atoms with van der Waals surface area (Å²) >= 11 is 0. The average Bonchev–Trinajstić information content (AvgIpc) is 2.19. The van der Waals surface area contributed by atoms with Gasteiger partial charge in [0.05, 0.1) is 11.9 Å². The van der Waals surface area contributed by atoms with E-state index in [1.54, 1.807) is 12.4 Å². The molecule has 0 radical (unpaired) electrons. The lowest BCUT2D eigenvalue weighted by atomic mass is 10.4. The molecule has 0 atom stereocenters. The van der Waals surface area contributed by atoms with E-state index in [4.69, 9.17) is 0 Å². The van der Waals surface area contributed by atoms with Crippen molar-refractivity contribution in [1.29, 1.82) is 0 Å². The van der Waals surface area contributed by atoms with Crippen molar-refractivity contribution in [2.75, 3.05) is 25.5 Å². The molecule has 0 amide bonds. The molecule has 0 spiro atoms. The minimum atomic E-state index is 0.765. The lowest BCUT2D eigenvalue weighted by molar-refractivity contribution is 0.770. The third-order valence-electron chi connectivity index (χ3n) is 1.98. The normalized spacial score (nSPS) is 10.2. The monoisotopic (exact) mass is 194 g/mol. The predicted octanol–water partition coefficient (Wildman–Crippen LogP) is 1.04. The molecular formula is C10H18N4. The number of rotatable bonds is 5. The lowest BCUT2D eigenvalue weighted by Gasteiger charge is -2.16. The van der Waals surface area contributed by atoms with Gasteiger partial charge < -0.3 is 10.2 Å². The number of anilines is 1. The molecule has 0 aliphatic heterocycles. The number of nitrogens with one attached hydrogen (secondary N) is 1. The van der Waals surface area contributed by atoms with Gasteiger partial charge in [-0.3, -0.25) is 4.98 Å². The molecule has 0 fully saturated rings. The molecule has 78 valence electrons. The van der Waals surface area contributed by atoms with E-state index in [9.17, 15) is 0 Å². The summed E-state index contributed by atoms with van der Waals surface area (Å²) in [5.74, 6) is 0.944. The summed E-state index contributed by atoms with van der Waals surface area (Å²) in [7, 11) is 3.95. The molecule has 0 saturated heterocycles. The molecule has 1 heterocycles. The summed E-state index contributed by atoms with van der Waals surface area (Å²) in [5, 5.41) is 3.06. The van der Waals surface area contributed by atoms with Gasteiger partial charge >= 0.3 is 0 Å². The van der Waals surface area contributed by atoms with Crippen molar-refractivity contribution in [3.63, 3.8) is 0 Å². The van der Waals surface area contributed by atoms with Crippen LogP contribution in [-0.4, -0.2) is 30.6 Å². The highest BCUT2D eigenvalue weighted by molar-refractivity contribution is 5.34. The first-order valence-corrected chi connectivity index (χ1v) is 4.94. The van der Waals surface area contributed by atoms with Gasteiger partial charge in [0, 0.05) is 26.3 Å². The van der Waals surface area contributed by atoms with Gasteiger partial charge in [0.25, 0.3) is 0 Å². The molecule has 0 bridgehead atoms. The summed E-state index contributed by atoms with van der Waals surface area (Å²) in [6, 6.07) is 0. The standard InChI is InChI=1S/C10H18N4/c1-4-5-14(3)10-8-12-7-9(13-10)6-11-2/h7-8,11H,4-6H2,1-3H3. The molecule has 0 aliphatic carbocycles. The Bertz CT molecular complexity index is 275. The first kappa shape index (κ1) is 10.9. The van der Waals surface area contributed by atoms with Crippen molar-refractivity contribution in [2.45, 2.75) is 19.9 Å². The van der Waals surface area contributed by atoms with Gasteiger partial charge in [0.1, 0.15) is 5.82 Å². The maximum absolute atomic E-state index is 4.48. The van der Waals surface area contributed by atoms with E-state index in [2.05, 4.69) is 27.1 Å². The van der Waals surface area contributed by atoms with Crippen LogP contribution in [0.5, 0.6) is 0 Å². The van der Waals surface area contributed by atoms with Gasteiger partial charge in [0.15, 0.2) is 0 Å². The van der Waals surface area contributed by atoms with Crippen molar-refractivity contribution in [3.05, 3.63) is 18.1 Å². The quantitative estimate of drug-likeness (QED) is 0.760. The second-order valence-corrected chi connectivity index (χ2v) is 3.32. The highest BCUT2D eigenvalue weighted by atomic mass is 15.2. The summed E-state index contributed by atoms with van der Waals surface area (Å²) in [5.41, 5.74) is 0.980. The third kappa shape index (κ3) is 2.96. The minimum absolute atomic E-state index is 0.765. The van der Waals surface area contributed by atoms with Crippen molar-refractivity contribution in [1.82, 2.24) is 15.3 Å². The van der Waals surface area contributed by atoms with Gasteiger partial charge in [-0.2, -0.15) is 0 Å². The smallest absolute Gasteiger partial charge is 0.147 e. The van der Waals surface area contributed by atoms with Crippen LogP contribution in [0.3, 0.4) is 0 Å². The Hall–Kier alpha value is -1.16. The highest BCUT2D eigenvalue weighted by Gasteiger charge is 2.02. The van der Waals surface area contributed by atoms with Gasteiger partial charge in [-0.15, -0.1) is 0 Å². The van der Waals surface area contributed by atoms with Gasteiger partial charge in [-0.05, 0) is 13.5 Å². The Labute approximate surface area is 85.4 Å². The second-order valence-electron chi connectivity index (χ2n) is 3.32. The van der Waals surface area contributed by atoms with Gasteiger partial charge in [0.2, 0.25) is 0 Å². The molecule has 1 aromatic heterocycles. The van der Waals surface area contributed by atoms with Crippen molar-refractivity contribution >= 4 is 5.82 Å². The molecule has 1 N–H and O–H groups in total. The van der Waals surface area contributed by atoms with Crippen LogP contribution < -0.4 is 10.2 Å². The van der Waals surface area contributed by atoms with Crippen molar-refractivity contribution in [3.8, 4) is 0 Å². The van der Waals surface area contributed by atoms with E-state index in [0.29, 0.717) is 0 Å². The summed E-state index contributed by atoms with van der Waals surface area (Å²) in [6.07, 6.45) is 4.71. The van der Waals surface area contributed by atoms with E-state index in [0.717, 1.165) is 31.0 Å².